The van der Waals surface area contributed by atoms with Gasteiger partial charge in [0.15, 0.2) is 11.5 Å². The van der Waals surface area contributed by atoms with E-state index in [1.807, 2.05) is 43.3 Å². The Hall–Kier alpha value is -2.26. The second-order valence-corrected chi connectivity index (χ2v) is 5.03. The van der Waals surface area contributed by atoms with Gasteiger partial charge < -0.3 is 14.8 Å². The molecular weight excluding hydrogens is 274 g/mol. The van der Waals surface area contributed by atoms with Crippen LogP contribution in [0.4, 0.5) is 0 Å². The summed E-state index contributed by atoms with van der Waals surface area (Å²) in [6.45, 7) is 4.54. The van der Waals surface area contributed by atoms with E-state index >= 15 is 0 Å². The Kier molecular flexibility index (Phi) is 6.52. The Morgan fingerprint density at radius 1 is 1.05 bits per heavy atom. The lowest BCUT2D eigenvalue weighted by molar-refractivity contribution is -0.671. The van der Waals surface area contributed by atoms with E-state index in [2.05, 4.69) is 29.6 Å². The highest BCUT2D eigenvalue weighted by Gasteiger charge is 2.05. The molecule has 22 heavy (non-hydrogen) atoms. The minimum atomic E-state index is 0.659. The molecule has 0 atom stereocenters. The minimum absolute atomic E-state index is 0.659. The maximum atomic E-state index is 5.82. The van der Waals surface area contributed by atoms with Crippen LogP contribution in [-0.4, -0.2) is 20.3 Å². The lowest BCUT2D eigenvalue weighted by Crippen LogP contribution is -2.83. The summed E-state index contributed by atoms with van der Waals surface area (Å²) in [5, 5.41) is 2.25. The maximum absolute atomic E-state index is 5.82. The predicted octanol–water partition coefficient (Wildman–Crippen LogP) is 2.87. The second-order valence-electron chi connectivity index (χ2n) is 5.03. The van der Waals surface area contributed by atoms with Crippen molar-refractivity contribution < 1.29 is 14.8 Å². The van der Waals surface area contributed by atoms with Crippen molar-refractivity contribution in [3.63, 3.8) is 0 Å². The summed E-state index contributed by atoms with van der Waals surface area (Å²) in [6.07, 6.45) is 4.05. The number of methoxy groups -OCH3 is 1. The van der Waals surface area contributed by atoms with Gasteiger partial charge in [0.05, 0.1) is 7.11 Å². The Balaban J connectivity index is 1.79. The molecule has 0 bridgehead atoms. The maximum Gasteiger partial charge on any atom is 0.161 e. The molecule has 0 saturated heterocycles. The van der Waals surface area contributed by atoms with Crippen LogP contribution < -0.4 is 14.8 Å². The van der Waals surface area contributed by atoms with Crippen LogP contribution in [0.25, 0.3) is 6.08 Å². The molecule has 0 aliphatic carbocycles. The Morgan fingerprint density at radius 2 is 1.86 bits per heavy atom. The molecule has 0 radical (unpaired) electrons. The van der Waals surface area contributed by atoms with E-state index in [4.69, 9.17) is 9.47 Å². The number of hydrogen-bond acceptors (Lipinski definition) is 2. The Labute approximate surface area is 132 Å². The van der Waals surface area contributed by atoms with Crippen LogP contribution in [0.2, 0.25) is 0 Å². The normalized spacial score (nSPS) is 10.8. The molecule has 0 spiro atoms. The molecule has 3 nitrogen and oxygen atoms in total. The predicted molar refractivity (Wildman–Crippen MR) is 90.1 cm³/mol. The number of ether oxygens (including phenoxy) is 2. The molecule has 2 N–H and O–H groups in total. The molecule has 0 amide bonds. The van der Waals surface area contributed by atoms with Gasteiger partial charge in [-0.1, -0.05) is 48.6 Å². The van der Waals surface area contributed by atoms with Crippen LogP contribution in [0, 0.1) is 0 Å². The van der Waals surface area contributed by atoms with Gasteiger partial charge in [-0.05, 0) is 24.6 Å². The van der Waals surface area contributed by atoms with Crippen molar-refractivity contribution in [1.82, 2.24) is 0 Å². The van der Waals surface area contributed by atoms with E-state index < -0.39 is 0 Å². The molecule has 0 aliphatic rings. The van der Waals surface area contributed by atoms with Crippen LogP contribution in [0.1, 0.15) is 18.1 Å². The van der Waals surface area contributed by atoms with Gasteiger partial charge in [0.25, 0.3) is 0 Å². The lowest BCUT2D eigenvalue weighted by atomic mass is 10.2. The number of rotatable bonds is 8. The van der Waals surface area contributed by atoms with Crippen molar-refractivity contribution in [2.24, 2.45) is 0 Å². The third kappa shape index (κ3) is 4.93. The van der Waals surface area contributed by atoms with Crippen LogP contribution >= 0.6 is 0 Å². The summed E-state index contributed by atoms with van der Waals surface area (Å²) in [4.78, 5) is 0. The molecule has 2 rings (SSSR count). The molecule has 116 valence electrons. The number of benzene rings is 2. The van der Waals surface area contributed by atoms with Crippen molar-refractivity contribution in [1.29, 1.82) is 0 Å². The van der Waals surface area contributed by atoms with Gasteiger partial charge >= 0.3 is 0 Å². The van der Waals surface area contributed by atoms with Crippen molar-refractivity contribution >= 4 is 6.08 Å². The molecule has 0 aliphatic heterocycles. The lowest BCUT2D eigenvalue weighted by Gasteiger charge is -2.11. The first-order valence-corrected chi connectivity index (χ1v) is 7.62. The van der Waals surface area contributed by atoms with Crippen molar-refractivity contribution in [3.8, 4) is 11.5 Å². The zero-order chi connectivity index (χ0) is 15.6. The van der Waals surface area contributed by atoms with E-state index in [0.29, 0.717) is 6.61 Å². The van der Waals surface area contributed by atoms with Crippen LogP contribution in [-0.2, 0) is 6.54 Å². The zero-order valence-corrected chi connectivity index (χ0v) is 13.3. The summed E-state index contributed by atoms with van der Waals surface area (Å²) >= 11 is 0. The van der Waals surface area contributed by atoms with Gasteiger partial charge in [0, 0.05) is 5.56 Å². The van der Waals surface area contributed by atoms with Crippen molar-refractivity contribution in [2.75, 3.05) is 20.3 Å². The molecule has 3 heteroatoms. The highest BCUT2D eigenvalue weighted by Crippen LogP contribution is 2.28. The number of nitrogens with two attached hydrogens (primary N) is 1. The van der Waals surface area contributed by atoms with Crippen LogP contribution in [0.15, 0.2) is 54.6 Å². The van der Waals surface area contributed by atoms with E-state index in [9.17, 15) is 0 Å². The van der Waals surface area contributed by atoms with E-state index in [0.717, 1.165) is 30.2 Å². The molecular formula is C19H24NO2+. The van der Waals surface area contributed by atoms with Gasteiger partial charge in [-0.2, -0.15) is 0 Å². The molecule has 0 heterocycles. The SMILES string of the molecule is C/C=C/c1ccc(OCC[NH2+]Cc2ccccc2)c(OC)c1. The molecule has 2 aromatic carbocycles. The minimum Gasteiger partial charge on any atom is -0.493 e. The topological polar surface area (TPSA) is 35.1 Å². The van der Waals surface area contributed by atoms with Crippen molar-refractivity contribution in [3.05, 3.63) is 65.7 Å². The van der Waals surface area contributed by atoms with Gasteiger partial charge in [-0.15, -0.1) is 0 Å². The average Bonchev–Trinajstić information content (AvgIpc) is 2.56. The highest BCUT2D eigenvalue weighted by atomic mass is 16.5. The largest absolute Gasteiger partial charge is 0.493 e. The number of hydrogen-bond donors (Lipinski definition) is 1. The standard InChI is InChI=1S/C19H23NO2/c1-3-7-16-10-11-18(19(14-16)21-2)22-13-12-20-15-17-8-5-4-6-9-17/h3-11,14,20H,12-13,15H2,1-2H3/p+1/b7-3+. The fourth-order valence-electron chi connectivity index (χ4n) is 2.23. The summed E-state index contributed by atoms with van der Waals surface area (Å²) in [6, 6.07) is 16.4. The average molecular weight is 298 g/mol. The number of quaternary nitrogens is 1. The fraction of sp³-hybridized carbons (Fsp3) is 0.263. The zero-order valence-electron chi connectivity index (χ0n) is 13.3. The first-order valence-electron chi connectivity index (χ1n) is 7.62. The molecule has 2 aromatic rings. The Bertz CT molecular complexity index is 594. The third-order valence-electron chi connectivity index (χ3n) is 3.35. The van der Waals surface area contributed by atoms with Crippen LogP contribution in [0.3, 0.4) is 0 Å². The summed E-state index contributed by atoms with van der Waals surface area (Å²) in [5.74, 6) is 1.57. The third-order valence-corrected chi connectivity index (χ3v) is 3.35. The first-order chi connectivity index (χ1) is 10.8. The van der Waals surface area contributed by atoms with Gasteiger partial charge in [0.1, 0.15) is 19.7 Å². The van der Waals surface area contributed by atoms with E-state index in [1.54, 1.807) is 7.11 Å². The summed E-state index contributed by atoms with van der Waals surface area (Å²) in [5.41, 5.74) is 2.44. The molecule has 0 saturated carbocycles. The first kappa shape index (κ1) is 16.1. The second kappa shape index (κ2) is 8.90. The summed E-state index contributed by atoms with van der Waals surface area (Å²) < 4.78 is 11.2. The van der Waals surface area contributed by atoms with E-state index in [-0.39, 0.29) is 0 Å². The van der Waals surface area contributed by atoms with Gasteiger partial charge in [-0.3, -0.25) is 0 Å². The molecule has 0 unspecified atom stereocenters. The Morgan fingerprint density at radius 3 is 2.59 bits per heavy atom. The molecule has 0 aromatic heterocycles. The van der Waals surface area contributed by atoms with Crippen LogP contribution in [0.5, 0.6) is 11.5 Å². The fourth-order valence-corrected chi connectivity index (χ4v) is 2.23. The van der Waals surface area contributed by atoms with Gasteiger partial charge in [0.2, 0.25) is 0 Å². The summed E-state index contributed by atoms with van der Waals surface area (Å²) in [7, 11) is 1.67. The van der Waals surface area contributed by atoms with Crippen molar-refractivity contribution in [2.45, 2.75) is 13.5 Å². The monoisotopic (exact) mass is 298 g/mol. The quantitative estimate of drug-likeness (QED) is 0.761. The highest BCUT2D eigenvalue weighted by molar-refractivity contribution is 5.55. The molecule has 0 fully saturated rings. The number of allylic oxidation sites excluding steroid dienone is 1. The smallest absolute Gasteiger partial charge is 0.161 e. The van der Waals surface area contributed by atoms with E-state index in [1.165, 1.54) is 5.56 Å². The van der Waals surface area contributed by atoms with Gasteiger partial charge in [-0.25, -0.2) is 0 Å².